The van der Waals surface area contributed by atoms with Gasteiger partial charge >= 0.3 is 0 Å². The van der Waals surface area contributed by atoms with Crippen molar-refractivity contribution in [3.63, 3.8) is 0 Å². The van der Waals surface area contributed by atoms with Crippen LogP contribution in [0.1, 0.15) is 29.9 Å². The number of rotatable bonds is 9. The quantitative estimate of drug-likeness (QED) is 0.189. The molecule has 5 rings (SSSR count). The minimum atomic E-state index is -0.916. The summed E-state index contributed by atoms with van der Waals surface area (Å²) >= 11 is 0. The standard InChI is InChI=1S/C29H27NO8/c1-3-11-36-21-9-7-18(15-23(21)34-4-2)26-25(28(32)29(33)30(26)17-20-6-5-12-35-20)27(31)19-8-10-22-24(16-19)38-14-13-37-22/h3,5-10,12,15-16,26,31H,1,4,11,13-14,17H2,2H3. The zero-order chi connectivity index (χ0) is 26.6. The first-order chi connectivity index (χ1) is 18.5. The lowest BCUT2D eigenvalue weighted by molar-refractivity contribution is -0.140. The van der Waals surface area contributed by atoms with E-state index in [0.29, 0.717) is 59.7 Å². The molecule has 1 atom stereocenters. The summed E-state index contributed by atoms with van der Waals surface area (Å²) in [5, 5.41) is 11.4. The summed E-state index contributed by atoms with van der Waals surface area (Å²) in [5.74, 6) is 0.530. The Kier molecular flexibility index (Phi) is 7.08. The molecule has 2 aliphatic rings. The summed E-state index contributed by atoms with van der Waals surface area (Å²) in [4.78, 5) is 28.1. The number of aliphatic hydroxyl groups is 1. The molecule has 9 nitrogen and oxygen atoms in total. The van der Waals surface area contributed by atoms with Gasteiger partial charge in [0.2, 0.25) is 0 Å². The second kappa shape index (κ2) is 10.8. The molecule has 3 heterocycles. The fraction of sp³-hybridized carbons (Fsp3) is 0.241. The minimum Gasteiger partial charge on any atom is -0.507 e. The molecule has 2 aromatic carbocycles. The number of likely N-dealkylation sites (tertiary alicyclic amines) is 1. The molecule has 2 aliphatic heterocycles. The largest absolute Gasteiger partial charge is 0.507 e. The highest BCUT2D eigenvalue weighted by Crippen LogP contribution is 2.43. The molecule has 1 amide bonds. The first-order valence-corrected chi connectivity index (χ1v) is 12.2. The van der Waals surface area contributed by atoms with E-state index >= 15 is 0 Å². The van der Waals surface area contributed by atoms with Crippen LogP contribution in [0.5, 0.6) is 23.0 Å². The molecule has 1 N–H and O–H groups in total. The van der Waals surface area contributed by atoms with E-state index in [1.165, 1.54) is 11.2 Å². The molecule has 0 radical (unpaired) electrons. The second-order valence-electron chi connectivity index (χ2n) is 8.60. The van der Waals surface area contributed by atoms with Crippen LogP contribution in [0.15, 0.2) is 77.4 Å². The highest BCUT2D eigenvalue weighted by Gasteiger charge is 2.46. The molecule has 1 aromatic heterocycles. The van der Waals surface area contributed by atoms with Crippen LogP contribution in [0.25, 0.3) is 5.76 Å². The van der Waals surface area contributed by atoms with Crippen molar-refractivity contribution in [1.29, 1.82) is 0 Å². The summed E-state index contributed by atoms with van der Waals surface area (Å²) in [7, 11) is 0. The Bertz CT molecular complexity index is 1390. The Morgan fingerprint density at radius 2 is 1.89 bits per heavy atom. The van der Waals surface area contributed by atoms with Crippen molar-refractivity contribution in [1.82, 2.24) is 4.90 Å². The van der Waals surface area contributed by atoms with Crippen LogP contribution in [-0.2, 0) is 16.1 Å². The van der Waals surface area contributed by atoms with Gasteiger partial charge in [-0.25, -0.2) is 0 Å². The van der Waals surface area contributed by atoms with Crippen molar-refractivity contribution in [2.75, 3.05) is 26.4 Å². The lowest BCUT2D eigenvalue weighted by Gasteiger charge is -2.25. The van der Waals surface area contributed by atoms with E-state index in [1.54, 1.807) is 54.6 Å². The van der Waals surface area contributed by atoms with Gasteiger partial charge < -0.3 is 33.4 Å². The van der Waals surface area contributed by atoms with E-state index in [-0.39, 0.29) is 24.5 Å². The number of amides is 1. The summed E-state index contributed by atoms with van der Waals surface area (Å²) in [6.07, 6.45) is 3.12. The highest BCUT2D eigenvalue weighted by atomic mass is 16.6. The van der Waals surface area contributed by atoms with Gasteiger partial charge in [-0.05, 0) is 55.0 Å². The number of ketones is 1. The van der Waals surface area contributed by atoms with E-state index in [9.17, 15) is 14.7 Å². The van der Waals surface area contributed by atoms with Gasteiger partial charge in [-0.3, -0.25) is 9.59 Å². The number of aliphatic hydroxyl groups excluding tert-OH is 1. The summed E-state index contributed by atoms with van der Waals surface area (Å²) in [6, 6.07) is 12.5. The Morgan fingerprint density at radius 1 is 1.08 bits per heavy atom. The van der Waals surface area contributed by atoms with Crippen molar-refractivity contribution < 1.29 is 38.1 Å². The molecule has 38 heavy (non-hydrogen) atoms. The number of Topliss-reactive ketones (excluding diaryl/α,β-unsaturated/α-hetero) is 1. The number of carbonyl (C=O) groups excluding carboxylic acids is 2. The topological polar surface area (TPSA) is 108 Å². The SMILES string of the molecule is C=CCOc1ccc(C2C(=C(O)c3ccc4c(c3)OCCO4)C(=O)C(=O)N2Cc2ccco2)cc1OCC. The van der Waals surface area contributed by atoms with Crippen LogP contribution >= 0.6 is 0 Å². The maximum atomic E-state index is 13.4. The van der Waals surface area contributed by atoms with E-state index < -0.39 is 17.7 Å². The van der Waals surface area contributed by atoms with Gasteiger partial charge in [-0.1, -0.05) is 18.7 Å². The molecule has 3 aromatic rings. The summed E-state index contributed by atoms with van der Waals surface area (Å²) < 4.78 is 28.2. The molecule has 0 spiro atoms. The fourth-order valence-corrected chi connectivity index (χ4v) is 4.54. The van der Waals surface area contributed by atoms with Crippen molar-refractivity contribution >= 4 is 17.4 Å². The highest BCUT2D eigenvalue weighted by molar-refractivity contribution is 6.46. The van der Waals surface area contributed by atoms with Crippen molar-refractivity contribution in [2.45, 2.75) is 19.5 Å². The Balaban J connectivity index is 1.63. The Labute approximate surface area is 219 Å². The van der Waals surface area contributed by atoms with Crippen LogP contribution < -0.4 is 18.9 Å². The zero-order valence-electron chi connectivity index (χ0n) is 20.8. The molecule has 1 saturated heterocycles. The van der Waals surface area contributed by atoms with Crippen LogP contribution in [0.4, 0.5) is 0 Å². The smallest absolute Gasteiger partial charge is 0.296 e. The van der Waals surface area contributed by atoms with Gasteiger partial charge in [0.05, 0.1) is 31.0 Å². The van der Waals surface area contributed by atoms with E-state index in [2.05, 4.69) is 6.58 Å². The molecule has 0 aliphatic carbocycles. The number of nitrogens with zero attached hydrogens (tertiary/aromatic N) is 1. The predicted octanol–water partition coefficient (Wildman–Crippen LogP) is 4.64. The summed E-state index contributed by atoms with van der Waals surface area (Å²) in [6.45, 7) is 6.98. The van der Waals surface area contributed by atoms with Gasteiger partial charge in [0, 0.05) is 5.56 Å². The Morgan fingerprint density at radius 3 is 2.63 bits per heavy atom. The third-order valence-corrected chi connectivity index (χ3v) is 6.20. The Hall–Kier alpha value is -4.66. The number of ether oxygens (including phenoxy) is 4. The van der Waals surface area contributed by atoms with Crippen LogP contribution in [-0.4, -0.2) is 48.1 Å². The lowest BCUT2D eigenvalue weighted by atomic mass is 9.94. The number of fused-ring (bicyclic) bond motifs is 1. The van der Waals surface area contributed by atoms with Gasteiger partial charge in [0.15, 0.2) is 23.0 Å². The number of hydrogen-bond donors (Lipinski definition) is 1. The van der Waals surface area contributed by atoms with Crippen LogP contribution in [0.2, 0.25) is 0 Å². The minimum absolute atomic E-state index is 0.0266. The van der Waals surface area contributed by atoms with Crippen LogP contribution in [0.3, 0.4) is 0 Å². The number of hydrogen-bond acceptors (Lipinski definition) is 8. The van der Waals surface area contributed by atoms with E-state index in [0.717, 1.165) is 0 Å². The molecule has 9 heteroatoms. The number of furan rings is 1. The van der Waals surface area contributed by atoms with Gasteiger partial charge in [-0.15, -0.1) is 0 Å². The molecule has 1 fully saturated rings. The second-order valence-corrected chi connectivity index (χ2v) is 8.60. The normalized spacial score (nSPS) is 17.9. The fourth-order valence-electron chi connectivity index (χ4n) is 4.54. The first kappa shape index (κ1) is 25.0. The maximum absolute atomic E-state index is 13.4. The molecule has 1 unspecified atom stereocenters. The molecule has 0 bridgehead atoms. The van der Waals surface area contributed by atoms with Gasteiger partial charge in [0.25, 0.3) is 11.7 Å². The molecular weight excluding hydrogens is 490 g/mol. The van der Waals surface area contributed by atoms with Crippen molar-refractivity contribution in [2.24, 2.45) is 0 Å². The number of carbonyl (C=O) groups is 2. The first-order valence-electron chi connectivity index (χ1n) is 12.2. The van der Waals surface area contributed by atoms with Gasteiger partial charge in [-0.2, -0.15) is 0 Å². The zero-order valence-corrected chi connectivity index (χ0v) is 20.8. The van der Waals surface area contributed by atoms with E-state index in [1.807, 2.05) is 6.92 Å². The lowest BCUT2D eigenvalue weighted by Crippen LogP contribution is -2.29. The average molecular weight is 518 g/mol. The van der Waals surface area contributed by atoms with Crippen LogP contribution in [0, 0.1) is 0 Å². The maximum Gasteiger partial charge on any atom is 0.296 e. The molecule has 196 valence electrons. The average Bonchev–Trinajstić information content (AvgIpc) is 3.54. The molecule has 0 saturated carbocycles. The van der Waals surface area contributed by atoms with Gasteiger partial charge in [0.1, 0.15) is 31.3 Å². The number of benzene rings is 2. The third-order valence-electron chi connectivity index (χ3n) is 6.20. The monoisotopic (exact) mass is 517 g/mol. The van der Waals surface area contributed by atoms with E-state index in [4.69, 9.17) is 23.4 Å². The van der Waals surface area contributed by atoms with Crippen molar-refractivity contribution in [3.8, 4) is 23.0 Å². The van der Waals surface area contributed by atoms with Crippen molar-refractivity contribution in [3.05, 3.63) is 89.9 Å². The molecular formula is C29H27NO8. The predicted molar refractivity (Wildman–Crippen MR) is 137 cm³/mol. The summed E-state index contributed by atoms with van der Waals surface area (Å²) in [5.41, 5.74) is 0.830. The third kappa shape index (κ3) is 4.70.